The van der Waals surface area contributed by atoms with Crippen molar-refractivity contribution in [2.24, 2.45) is 5.11 Å². The van der Waals surface area contributed by atoms with E-state index in [1.54, 1.807) is 0 Å². The van der Waals surface area contributed by atoms with Crippen molar-refractivity contribution in [3.63, 3.8) is 0 Å². The second-order valence-corrected chi connectivity index (χ2v) is 6.55. The van der Waals surface area contributed by atoms with E-state index in [2.05, 4.69) is 52.5 Å². The largest absolute Gasteiger partial charge is 0.0706 e. The van der Waals surface area contributed by atoms with Gasteiger partial charge in [0.15, 0.2) is 0 Å². The lowest BCUT2D eigenvalue weighted by Crippen LogP contribution is -2.31. The molecule has 0 unspecified atom stereocenters. The molecule has 0 saturated carbocycles. The van der Waals surface area contributed by atoms with Crippen LogP contribution in [0.1, 0.15) is 22.3 Å². The number of azide groups is 1. The fraction of sp³-hybridized carbons (Fsp3) is 0.0400. The predicted octanol–water partition coefficient (Wildman–Crippen LogP) is 7.01. The summed E-state index contributed by atoms with van der Waals surface area (Å²) in [5.74, 6) is 0. The Kier molecular flexibility index (Phi) is 4.92. The maximum Gasteiger partial charge on any atom is 0.0706 e. The second-order valence-electron chi connectivity index (χ2n) is 6.55. The van der Waals surface area contributed by atoms with E-state index in [1.165, 1.54) is 0 Å². The van der Waals surface area contributed by atoms with Gasteiger partial charge in [0, 0.05) is 10.6 Å². The molecule has 0 aliphatic carbocycles. The molecule has 4 rings (SSSR count). The van der Waals surface area contributed by atoms with Gasteiger partial charge in [0.2, 0.25) is 0 Å². The van der Waals surface area contributed by atoms with Gasteiger partial charge in [-0.05, 0) is 27.8 Å². The molecular weight excluding hydrogens is 342 g/mol. The summed E-state index contributed by atoms with van der Waals surface area (Å²) in [6, 6.07) is 39.0. The summed E-state index contributed by atoms with van der Waals surface area (Å²) in [4.78, 5) is 3.09. The van der Waals surface area contributed by atoms with Crippen molar-refractivity contribution in [3.05, 3.63) is 148 Å². The highest BCUT2D eigenvalue weighted by Crippen LogP contribution is 2.48. The summed E-state index contributed by atoms with van der Waals surface area (Å²) in [5, 5.41) is 4.03. The van der Waals surface area contributed by atoms with Crippen LogP contribution in [0.3, 0.4) is 0 Å². The molecule has 4 aromatic rings. The highest BCUT2D eigenvalue weighted by Gasteiger charge is 2.39. The Labute approximate surface area is 164 Å². The number of hydrogen-bond donors (Lipinski definition) is 0. The van der Waals surface area contributed by atoms with Crippen LogP contribution in [0.2, 0.25) is 0 Å². The topological polar surface area (TPSA) is 48.8 Å². The van der Waals surface area contributed by atoms with Crippen molar-refractivity contribution in [1.82, 2.24) is 0 Å². The van der Waals surface area contributed by atoms with Gasteiger partial charge in [-0.1, -0.05) is 120 Å². The molecule has 0 amide bonds. The average Bonchev–Trinajstić information content (AvgIpc) is 2.78. The maximum absolute atomic E-state index is 9.18. The molecule has 0 fully saturated rings. The molecule has 0 saturated heterocycles. The van der Waals surface area contributed by atoms with E-state index < -0.39 is 5.41 Å². The van der Waals surface area contributed by atoms with Crippen molar-refractivity contribution in [2.45, 2.75) is 5.41 Å². The zero-order valence-corrected chi connectivity index (χ0v) is 15.3. The maximum atomic E-state index is 9.18. The lowest BCUT2D eigenvalue weighted by Gasteiger charge is -2.37. The van der Waals surface area contributed by atoms with Gasteiger partial charge in [0.1, 0.15) is 0 Å². The Morgan fingerprint density at radius 2 is 0.929 bits per heavy atom. The van der Waals surface area contributed by atoms with E-state index in [9.17, 15) is 5.53 Å². The first-order valence-corrected chi connectivity index (χ1v) is 9.18. The monoisotopic (exact) mass is 361 g/mol. The third-order valence-electron chi connectivity index (χ3n) is 5.08. The van der Waals surface area contributed by atoms with Crippen molar-refractivity contribution in [3.8, 4) is 0 Å². The fourth-order valence-corrected chi connectivity index (χ4v) is 3.96. The van der Waals surface area contributed by atoms with Crippen molar-refractivity contribution >= 4 is 5.69 Å². The van der Waals surface area contributed by atoms with Crippen LogP contribution in [0.5, 0.6) is 0 Å². The molecule has 3 heteroatoms. The summed E-state index contributed by atoms with van der Waals surface area (Å²) in [6.45, 7) is 0. The Morgan fingerprint density at radius 1 is 0.536 bits per heavy atom. The zero-order valence-electron chi connectivity index (χ0n) is 15.3. The van der Waals surface area contributed by atoms with Crippen molar-refractivity contribution in [2.75, 3.05) is 0 Å². The van der Waals surface area contributed by atoms with E-state index in [-0.39, 0.29) is 0 Å². The Balaban J connectivity index is 2.19. The van der Waals surface area contributed by atoms with Crippen molar-refractivity contribution in [1.29, 1.82) is 0 Å². The summed E-state index contributed by atoms with van der Waals surface area (Å²) in [7, 11) is 0. The Bertz CT molecular complexity index is 1000. The first kappa shape index (κ1) is 17.6. The van der Waals surface area contributed by atoms with Crippen LogP contribution in [0, 0.1) is 0 Å². The van der Waals surface area contributed by atoms with Crippen LogP contribution >= 0.6 is 0 Å². The first-order valence-electron chi connectivity index (χ1n) is 9.18. The van der Waals surface area contributed by atoms with Crippen LogP contribution in [-0.4, -0.2) is 0 Å². The molecule has 0 aliphatic rings. The van der Waals surface area contributed by atoms with Gasteiger partial charge in [0.25, 0.3) is 0 Å². The SMILES string of the molecule is [N-]=[N+]=Nc1ccccc1C(c1ccccc1)(c1ccccc1)c1ccccc1. The molecule has 3 nitrogen and oxygen atoms in total. The first-order chi connectivity index (χ1) is 13.9. The number of rotatable bonds is 5. The minimum absolute atomic E-state index is 0.603. The molecule has 0 N–H and O–H groups in total. The summed E-state index contributed by atoms with van der Waals surface area (Å²) in [5.41, 5.74) is 13.5. The van der Waals surface area contributed by atoms with Crippen LogP contribution in [-0.2, 0) is 5.41 Å². The standard InChI is InChI=1S/C25H19N3/c26-28-27-24-19-11-10-18-23(24)25(20-12-4-1-5-13-20,21-14-6-2-7-15-21)22-16-8-3-9-17-22/h1-19H. The highest BCUT2D eigenvalue weighted by molar-refractivity contribution is 5.66. The van der Waals surface area contributed by atoms with E-state index >= 15 is 0 Å². The number of benzene rings is 4. The molecular formula is C25H19N3. The molecule has 0 aliphatic heterocycles. The van der Waals surface area contributed by atoms with E-state index in [0.717, 1.165) is 22.3 Å². The van der Waals surface area contributed by atoms with E-state index in [0.29, 0.717) is 5.69 Å². The number of hydrogen-bond acceptors (Lipinski definition) is 1. The molecule has 0 spiro atoms. The lowest BCUT2D eigenvalue weighted by atomic mass is 9.64. The minimum Gasteiger partial charge on any atom is -0.0622 e. The van der Waals surface area contributed by atoms with Gasteiger partial charge in [-0.3, -0.25) is 0 Å². The third kappa shape index (κ3) is 2.94. The van der Waals surface area contributed by atoms with Gasteiger partial charge in [-0.25, -0.2) is 0 Å². The predicted molar refractivity (Wildman–Crippen MR) is 114 cm³/mol. The van der Waals surface area contributed by atoms with E-state index in [1.807, 2.05) is 72.8 Å². The highest BCUT2D eigenvalue weighted by atomic mass is 15.1. The zero-order chi connectivity index (χ0) is 19.2. The summed E-state index contributed by atoms with van der Waals surface area (Å²) in [6.07, 6.45) is 0. The van der Waals surface area contributed by atoms with Crippen LogP contribution in [0.4, 0.5) is 5.69 Å². The van der Waals surface area contributed by atoms with Gasteiger partial charge in [-0.15, -0.1) is 0 Å². The van der Waals surface area contributed by atoms with E-state index in [4.69, 9.17) is 0 Å². The Morgan fingerprint density at radius 3 is 1.36 bits per heavy atom. The van der Waals surface area contributed by atoms with Crippen LogP contribution in [0.25, 0.3) is 10.4 Å². The molecule has 0 heterocycles. The minimum atomic E-state index is -0.603. The van der Waals surface area contributed by atoms with Crippen LogP contribution in [0.15, 0.2) is 120 Å². The molecule has 28 heavy (non-hydrogen) atoms. The third-order valence-corrected chi connectivity index (χ3v) is 5.08. The number of nitrogens with zero attached hydrogens (tertiary/aromatic N) is 3. The molecule has 0 atom stereocenters. The molecule has 134 valence electrons. The smallest absolute Gasteiger partial charge is 0.0622 e. The van der Waals surface area contributed by atoms with Gasteiger partial charge >= 0.3 is 0 Å². The van der Waals surface area contributed by atoms with Gasteiger partial charge in [-0.2, -0.15) is 0 Å². The molecule has 4 aromatic carbocycles. The average molecular weight is 361 g/mol. The summed E-state index contributed by atoms with van der Waals surface area (Å²) >= 11 is 0. The second kappa shape index (κ2) is 7.83. The van der Waals surface area contributed by atoms with Crippen molar-refractivity contribution < 1.29 is 0 Å². The quantitative estimate of drug-likeness (QED) is 0.159. The van der Waals surface area contributed by atoms with Gasteiger partial charge < -0.3 is 0 Å². The Hall–Kier alpha value is -3.81. The molecule has 0 aromatic heterocycles. The van der Waals surface area contributed by atoms with Gasteiger partial charge in [0.05, 0.1) is 5.41 Å². The normalized spacial score (nSPS) is 10.9. The summed E-state index contributed by atoms with van der Waals surface area (Å²) < 4.78 is 0. The fourth-order valence-electron chi connectivity index (χ4n) is 3.96. The lowest BCUT2D eigenvalue weighted by molar-refractivity contribution is 0.745. The molecule has 0 radical (unpaired) electrons. The van der Waals surface area contributed by atoms with Crippen LogP contribution < -0.4 is 0 Å². The molecule has 0 bridgehead atoms.